The van der Waals surface area contributed by atoms with Crippen LogP contribution in [0.5, 0.6) is 0 Å². The van der Waals surface area contributed by atoms with Gasteiger partial charge in [0, 0.05) is 25.7 Å². The topological polar surface area (TPSA) is 61.4 Å². The number of nitrogens with one attached hydrogen (secondary N) is 2. The van der Waals surface area contributed by atoms with E-state index in [0.29, 0.717) is 19.0 Å². The summed E-state index contributed by atoms with van der Waals surface area (Å²) in [5.41, 5.74) is 0. The van der Waals surface area contributed by atoms with Gasteiger partial charge >= 0.3 is 0 Å². The molecule has 2 aliphatic rings. The normalized spacial score (nSPS) is 32.5. The first-order chi connectivity index (χ1) is 8.09. The highest BCUT2D eigenvalue weighted by atomic mass is 32.2. The van der Waals surface area contributed by atoms with E-state index >= 15 is 0 Å². The molecule has 2 atom stereocenters. The van der Waals surface area contributed by atoms with Crippen LogP contribution in [-0.2, 0) is 10.2 Å². The van der Waals surface area contributed by atoms with Crippen molar-refractivity contribution in [3.05, 3.63) is 0 Å². The van der Waals surface area contributed by atoms with E-state index in [4.69, 9.17) is 0 Å². The Bertz CT molecular complexity index is 337. The standard InChI is InChI=1S/C11H23N3O2S/c1-10-8-12-9-11(10)13-17(15,16)14-6-4-2-3-5-7-14/h10-13H,2-9H2,1H3. The van der Waals surface area contributed by atoms with Crippen LogP contribution in [0, 0.1) is 5.92 Å². The van der Waals surface area contributed by atoms with E-state index in [0.717, 1.165) is 38.8 Å². The average Bonchev–Trinajstić information content (AvgIpc) is 2.58. The van der Waals surface area contributed by atoms with Crippen LogP contribution in [0.4, 0.5) is 0 Å². The minimum Gasteiger partial charge on any atom is -0.315 e. The van der Waals surface area contributed by atoms with Gasteiger partial charge in [0.05, 0.1) is 0 Å². The predicted molar refractivity (Wildman–Crippen MR) is 67.9 cm³/mol. The van der Waals surface area contributed by atoms with E-state index in [9.17, 15) is 8.42 Å². The lowest BCUT2D eigenvalue weighted by atomic mass is 10.1. The first kappa shape index (κ1) is 13.3. The molecule has 6 heteroatoms. The summed E-state index contributed by atoms with van der Waals surface area (Å²) >= 11 is 0. The Balaban J connectivity index is 1.97. The fourth-order valence-electron chi connectivity index (χ4n) is 2.52. The van der Waals surface area contributed by atoms with E-state index in [2.05, 4.69) is 17.0 Å². The van der Waals surface area contributed by atoms with E-state index in [-0.39, 0.29) is 6.04 Å². The van der Waals surface area contributed by atoms with Gasteiger partial charge in [-0.15, -0.1) is 0 Å². The molecule has 0 spiro atoms. The third kappa shape index (κ3) is 3.40. The first-order valence-corrected chi connectivity index (χ1v) is 8.02. The Morgan fingerprint density at radius 1 is 1.12 bits per heavy atom. The van der Waals surface area contributed by atoms with Crippen LogP contribution in [0.15, 0.2) is 0 Å². The van der Waals surface area contributed by atoms with Crippen LogP contribution in [0.2, 0.25) is 0 Å². The van der Waals surface area contributed by atoms with Crippen molar-refractivity contribution in [3.63, 3.8) is 0 Å². The molecule has 0 aliphatic carbocycles. The van der Waals surface area contributed by atoms with Crippen molar-refractivity contribution in [2.75, 3.05) is 26.2 Å². The minimum absolute atomic E-state index is 0.0447. The van der Waals surface area contributed by atoms with Crippen LogP contribution in [0.1, 0.15) is 32.6 Å². The van der Waals surface area contributed by atoms with E-state index in [1.807, 2.05) is 0 Å². The maximum atomic E-state index is 12.2. The van der Waals surface area contributed by atoms with Crippen LogP contribution in [-0.4, -0.2) is 44.9 Å². The number of rotatable bonds is 3. The highest BCUT2D eigenvalue weighted by Gasteiger charge is 2.30. The molecule has 2 saturated heterocycles. The lowest BCUT2D eigenvalue weighted by molar-refractivity contribution is 0.400. The largest absolute Gasteiger partial charge is 0.315 e. The van der Waals surface area contributed by atoms with Crippen molar-refractivity contribution in [3.8, 4) is 0 Å². The molecule has 2 aliphatic heterocycles. The SMILES string of the molecule is CC1CNCC1NS(=O)(=O)N1CCCCCC1. The molecule has 17 heavy (non-hydrogen) atoms. The molecule has 2 rings (SSSR count). The molecule has 2 fully saturated rings. The van der Waals surface area contributed by atoms with Gasteiger partial charge in [-0.05, 0) is 25.3 Å². The first-order valence-electron chi connectivity index (χ1n) is 6.58. The fourth-order valence-corrected chi connectivity index (χ4v) is 4.10. The summed E-state index contributed by atoms with van der Waals surface area (Å²) in [5.74, 6) is 0.372. The smallest absolute Gasteiger partial charge is 0.279 e. The van der Waals surface area contributed by atoms with Gasteiger partial charge in [-0.3, -0.25) is 0 Å². The molecule has 5 nitrogen and oxygen atoms in total. The van der Waals surface area contributed by atoms with E-state index < -0.39 is 10.2 Å². The summed E-state index contributed by atoms with van der Waals surface area (Å²) in [6, 6.07) is 0.0447. The van der Waals surface area contributed by atoms with Gasteiger partial charge in [0.2, 0.25) is 0 Å². The molecule has 0 saturated carbocycles. The van der Waals surface area contributed by atoms with Crippen LogP contribution >= 0.6 is 0 Å². The summed E-state index contributed by atoms with van der Waals surface area (Å²) in [6.07, 6.45) is 4.26. The van der Waals surface area contributed by atoms with Crippen LogP contribution in [0.25, 0.3) is 0 Å². The third-order valence-corrected chi connectivity index (χ3v) is 5.37. The quantitative estimate of drug-likeness (QED) is 0.768. The summed E-state index contributed by atoms with van der Waals surface area (Å²) < 4.78 is 28.9. The molecule has 2 unspecified atom stereocenters. The van der Waals surface area contributed by atoms with Crippen molar-refractivity contribution < 1.29 is 8.42 Å². The predicted octanol–water partition coefficient (Wildman–Crippen LogP) is 0.305. The Kier molecular flexibility index (Phi) is 4.41. The maximum Gasteiger partial charge on any atom is 0.279 e. The molecule has 0 aromatic heterocycles. The molecule has 0 bridgehead atoms. The van der Waals surface area contributed by atoms with Gasteiger partial charge in [0.15, 0.2) is 0 Å². The molecule has 2 N–H and O–H groups in total. The zero-order valence-corrected chi connectivity index (χ0v) is 11.3. The zero-order chi connectivity index (χ0) is 12.3. The van der Waals surface area contributed by atoms with E-state index in [1.54, 1.807) is 4.31 Å². The van der Waals surface area contributed by atoms with Crippen molar-refractivity contribution in [1.82, 2.24) is 14.3 Å². The monoisotopic (exact) mass is 261 g/mol. The van der Waals surface area contributed by atoms with Crippen molar-refractivity contribution >= 4 is 10.2 Å². The molecule has 0 aromatic rings. The Morgan fingerprint density at radius 3 is 2.29 bits per heavy atom. The van der Waals surface area contributed by atoms with Crippen molar-refractivity contribution in [1.29, 1.82) is 0 Å². The second-order valence-corrected chi connectivity index (χ2v) is 6.88. The molecule has 100 valence electrons. The second kappa shape index (κ2) is 5.65. The molecule has 2 heterocycles. The van der Waals surface area contributed by atoms with Gasteiger partial charge in [-0.1, -0.05) is 19.8 Å². The number of hydrogen-bond donors (Lipinski definition) is 2. The summed E-state index contributed by atoms with van der Waals surface area (Å²) in [6.45, 7) is 5.06. The maximum absolute atomic E-state index is 12.2. The average molecular weight is 261 g/mol. The van der Waals surface area contributed by atoms with Gasteiger partial charge in [-0.25, -0.2) is 0 Å². The molecular formula is C11H23N3O2S. The van der Waals surface area contributed by atoms with Gasteiger partial charge < -0.3 is 5.32 Å². The lowest BCUT2D eigenvalue weighted by Gasteiger charge is -2.24. The Labute approximate surface area is 104 Å². The third-order valence-electron chi connectivity index (χ3n) is 3.72. The van der Waals surface area contributed by atoms with Crippen molar-refractivity contribution in [2.24, 2.45) is 5.92 Å². The summed E-state index contributed by atoms with van der Waals surface area (Å²) in [4.78, 5) is 0. The second-order valence-electron chi connectivity index (χ2n) is 5.18. The van der Waals surface area contributed by atoms with Gasteiger partial charge in [0.1, 0.15) is 0 Å². The molecular weight excluding hydrogens is 238 g/mol. The fraction of sp³-hybridized carbons (Fsp3) is 1.00. The van der Waals surface area contributed by atoms with Gasteiger partial charge in [-0.2, -0.15) is 17.4 Å². The minimum atomic E-state index is -3.28. The van der Waals surface area contributed by atoms with Gasteiger partial charge in [0.25, 0.3) is 10.2 Å². The molecule has 0 amide bonds. The van der Waals surface area contributed by atoms with Crippen molar-refractivity contribution in [2.45, 2.75) is 38.6 Å². The Morgan fingerprint density at radius 2 is 1.76 bits per heavy atom. The lowest BCUT2D eigenvalue weighted by Crippen LogP contribution is -2.48. The molecule has 0 radical (unpaired) electrons. The summed E-state index contributed by atoms with van der Waals surface area (Å²) in [5, 5.41) is 3.21. The summed E-state index contributed by atoms with van der Waals surface area (Å²) in [7, 11) is -3.28. The highest BCUT2D eigenvalue weighted by molar-refractivity contribution is 7.87. The molecule has 0 aromatic carbocycles. The van der Waals surface area contributed by atoms with Crippen LogP contribution < -0.4 is 10.0 Å². The van der Waals surface area contributed by atoms with E-state index in [1.165, 1.54) is 0 Å². The Hall–Kier alpha value is -0.170. The zero-order valence-electron chi connectivity index (χ0n) is 10.5. The highest BCUT2D eigenvalue weighted by Crippen LogP contribution is 2.15. The number of hydrogen-bond acceptors (Lipinski definition) is 3. The van der Waals surface area contributed by atoms with Crippen LogP contribution in [0.3, 0.4) is 0 Å². The number of nitrogens with zero attached hydrogens (tertiary/aromatic N) is 1.